The molecule has 2 saturated heterocycles. The van der Waals surface area contributed by atoms with Crippen molar-refractivity contribution in [3.63, 3.8) is 0 Å². The average Bonchev–Trinajstić information content (AvgIpc) is 3.22. The van der Waals surface area contributed by atoms with E-state index in [1.807, 2.05) is 0 Å². The lowest BCUT2D eigenvalue weighted by Gasteiger charge is -2.36. The van der Waals surface area contributed by atoms with Crippen LogP contribution in [0.4, 0.5) is 0 Å². The molecule has 144 valence electrons. The summed E-state index contributed by atoms with van der Waals surface area (Å²) in [5.74, 6) is 1.70. The van der Waals surface area contributed by atoms with Gasteiger partial charge >= 0.3 is 0 Å². The molecule has 1 aromatic rings. The predicted octanol–water partition coefficient (Wildman–Crippen LogP) is 4.62. The van der Waals surface area contributed by atoms with Crippen LogP contribution in [0.25, 0.3) is 0 Å². The minimum atomic E-state index is 0.368. The summed E-state index contributed by atoms with van der Waals surface area (Å²) in [6, 6.07) is 11.1. The van der Waals surface area contributed by atoms with Gasteiger partial charge in [-0.2, -0.15) is 0 Å². The highest BCUT2D eigenvalue weighted by molar-refractivity contribution is 5.19. The summed E-state index contributed by atoms with van der Waals surface area (Å²) in [6.45, 7) is 5.48. The molecule has 3 aliphatic rings. The van der Waals surface area contributed by atoms with Crippen molar-refractivity contribution in [3.8, 4) is 0 Å². The second-order valence-electron chi connectivity index (χ2n) is 8.60. The fourth-order valence-corrected chi connectivity index (χ4v) is 5.05. The summed E-state index contributed by atoms with van der Waals surface area (Å²) in [7, 11) is 0. The molecule has 0 unspecified atom stereocenters. The fraction of sp³-hybridized carbons (Fsp3) is 0.739. The van der Waals surface area contributed by atoms with E-state index in [4.69, 9.17) is 9.47 Å². The number of piperidine rings is 1. The van der Waals surface area contributed by atoms with Crippen LogP contribution >= 0.6 is 0 Å². The molecule has 26 heavy (non-hydrogen) atoms. The van der Waals surface area contributed by atoms with Crippen LogP contribution in [-0.4, -0.2) is 50.0 Å². The van der Waals surface area contributed by atoms with Gasteiger partial charge in [-0.3, -0.25) is 0 Å². The number of likely N-dealkylation sites (tertiary alicyclic amines) is 1. The van der Waals surface area contributed by atoms with Crippen LogP contribution in [0.15, 0.2) is 30.3 Å². The quantitative estimate of drug-likeness (QED) is 0.741. The van der Waals surface area contributed by atoms with Gasteiger partial charge in [0.1, 0.15) is 0 Å². The Kier molecular flexibility index (Phi) is 6.63. The van der Waals surface area contributed by atoms with Gasteiger partial charge in [0.2, 0.25) is 0 Å². The second-order valence-corrected chi connectivity index (χ2v) is 8.60. The molecule has 0 radical (unpaired) electrons. The fourth-order valence-electron chi connectivity index (χ4n) is 5.05. The van der Waals surface area contributed by atoms with Crippen LogP contribution in [-0.2, 0) is 9.47 Å². The first-order valence-corrected chi connectivity index (χ1v) is 10.9. The van der Waals surface area contributed by atoms with Gasteiger partial charge in [0.25, 0.3) is 0 Å². The number of ether oxygens (including phenoxy) is 2. The molecule has 1 saturated carbocycles. The van der Waals surface area contributed by atoms with E-state index in [1.165, 1.54) is 71.0 Å². The van der Waals surface area contributed by atoms with Gasteiger partial charge in [-0.1, -0.05) is 30.3 Å². The van der Waals surface area contributed by atoms with E-state index < -0.39 is 0 Å². The average molecular weight is 358 g/mol. The van der Waals surface area contributed by atoms with Crippen molar-refractivity contribution >= 4 is 0 Å². The Morgan fingerprint density at radius 2 is 1.69 bits per heavy atom. The van der Waals surface area contributed by atoms with Gasteiger partial charge in [0, 0.05) is 26.2 Å². The van der Waals surface area contributed by atoms with Gasteiger partial charge in [-0.05, 0) is 68.8 Å². The molecule has 2 aliphatic heterocycles. The van der Waals surface area contributed by atoms with Crippen molar-refractivity contribution in [2.75, 3.05) is 32.8 Å². The molecule has 0 aromatic heterocycles. The van der Waals surface area contributed by atoms with Crippen molar-refractivity contribution in [2.24, 2.45) is 5.92 Å². The SMILES string of the molecule is c1ccc(C2CCC(CN3CCC(OC[C@H]4CCCO4)CC3)CC2)cc1. The summed E-state index contributed by atoms with van der Waals surface area (Å²) >= 11 is 0. The second kappa shape index (κ2) is 9.34. The monoisotopic (exact) mass is 357 g/mol. The van der Waals surface area contributed by atoms with Crippen LogP contribution in [0.5, 0.6) is 0 Å². The summed E-state index contributed by atoms with van der Waals surface area (Å²) in [5, 5.41) is 0. The highest BCUT2D eigenvalue weighted by Crippen LogP contribution is 2.36. The molecular weight excluding hydrogens is 322 g/mol. The molecule has 2 heterocycles. The topological polar surface area (TPSA) is 21.7 Å². The van der Waals surface area contributed by atoms with E-state index >= 15 is 0 Å². The first-order valence-electron chi connectivity index (χ1n) is 10.9. The van der Waals surface area contributed by atoms with Gasteiger partial charge in [-0.25, -0.2) is 0 Å². The number of nitrogens with zero attached hydrogens (tertiary/aromatic N) is 1. The van der Waals surface area contributed by atoms with E-state index in [0.29, 0.717) is 12.2 Å². The number of hydrogen-bond donors (Lipinski definition) is 0. The van der Waals surface area contributed by atoms with Crippen molar-refractivity contribution in [1.29, 1.82) is 0 Å². The Balaban J connectivity index is 1.13. The van der Waals surface area contributed by atoms with Crippen molar-refractivity contribution < 1.29 is 9.47 Å². The van der Waals surface area contributed by atoms with E-state index in [1.54, 1.807) is 5.56 Å². The lowest BCUT2D eigenvalue weighted by molar-refractivity contribution is -0.0435. The first kappa shape index (κ1) is 18.5. The largest absolute Gasteiger partial charge is 0.376 e. The molecular formula is C23H35NO2. The molecule has 3 nitrogen and oxygen atoms in total. The first-order chi connectivity index (χ1) is 12.9. The van der Waals surface area contributed by atoms with Crippen LogP contribution in [0, 0.1) is 5.92 Å². The summed E-state index contributed by atoms with van der Waals surface area (Å²) < 4.78 is 11.8. The Bertz CT molecular complexity index is 512. The van der Waals surface area contributed by atoms with Crippen molar-refractivity contribution in [3.05, 3.63) is 35.9 Å². The molecule has 0 spiro atoms. The Morgan fingerprint density at radius 3 is 2.38 bits per heavy atom. The van der Waals surface area contributed by atoms with E-state index in [9.17, 15) is 0 Å². The maximum atomic E-state index is 6.12. The Labute approximate surface area is 159 Å². The number of hydrogen-bond acceptors (Lipinski definition) is 3. The normalized spacial score (nSPS) is 31.3. The smallest absolute Gasteiger partial charge is 0.0809 e. The van der Waals surface area contributed by atoms with E-state index in [-0.39, 0.29) is 0 Å². The highest BCUT2D eigenvalue weighted by Gasteiger charge is 2.27. The molecule has 0 bridgehead atoms. The minimum absolute atomic E-state index is 0.368. The summed E-state index contributed by atoms with van der Waals surface area (Å²) in [4.78, 5) is 2.69. The molecule has 1 atom stereocenters. The van der Waals surface area contributed by atoms with Crippen LogP contribution < -0.4 is 0 Å². The highest BCUT2D eigenvalue weighted by atomic mass is 16.5. The molecule has 1 aromatic carbocycles. The summed E-state index contributed by atoms with van der Waals surface area (Å²) in [5.41, 5.74) is 1.55. The van der Waals surface area contributed by atoms with Crippen LogP contribution in [0.2, 0.25) is 0 Å². The zero-order valence-corrected chi connectivity index (χ0v) is 16.2. The maximum Gasteiger partial charge on any atom is 0.0809 e. The van der Waals surface area contributed by atoms with Crippen molar-refractivity contribution in [1.82, 2.24) is 4.90 Å². The standard InChI is InChI=1S/C23H35NO2/c1-2-5-20(6-3-1)21-10-8-19(9-11-21)17-24-14-12-22(13-15-24)26-18-23-7-4-16-25-23/h1-3,5-6,19,21-23H,4,7-18H2/t19?,21?,23-/m1/s1. The molecule has 0 amide bonds. The number of rotatable bonds is 6. The zero-order valence-electron chi connectivity index (χ0n) is 16.2. The third kappa shape index (κ3) is 5.09. The third-order valence-electron chi connectivity index (χ3n) is 6.71. The lowest BCUT2D eigenvalue weighted by atomic mass is 9.78. The molecule has 3 heteroatoms. The molecule has 0 N–H and O–H groups in total. The molecule has 1 aliphatic carbocycles. The lowest BCUT2D eigenvalue weighted by Crippen LogP contribution is -2.40. The van der Waals surface area contributed by atoms with Gasteiger partial charge in [-0.15, -0.1) is 0 Å². The summed E-state index contributed by atoms with van der Waals surface area (Å²) in [6.07, 6.45) is 11.2. The van der Waals surface area contributed by atoms with Crippen molar-refractivity contribution in [2.45, 2.75) is 69.5 Å². The Hall–Kier alpha value is -0.900. The zero-order chi connectivity index (χ0) is 17.6. The van der Waals surface area contributed by atoms with Crippen LogP contribution in [0.3, 0.4) is 0 Å². The number of benzene rings is 1. The molecule has 4 rings (SSSR count). The third-order valence-corrected chi connectivity index (χ3v) is 6.71. The van der Waals surface area contributed by atoms with Crippen LogP contribution in [0.1, 0.15) is 62.8 Å². The van der Waals surface area contributed by atoms with E-state index in [2.05, 4.69) is 35.2 Å². The van der Waals surface area contributed by atoms with E-state index in [0.717, 1.165) is 25.0 Å². The van der Waals surface area contributed by atoms with Gasteiger partial charge in [0.15, 0.2) is 0 Å². The van der Waals surface area contributed by atoms with Gasteiger partial charge < -0.3 is 14.4 Å². The minimum Gasteiger partial charge on any atom is -0.376 e. The maximum absolute atomic E-state index is 6.12. The predicted molar refractivity (Wildman–Crippen MR) is 106 cm³/mol. The van der Waals surface area contributed by atoms with Gasteiger partial charge in [0.05, 0.1) is 18.8 Å². The Morgan fingerprint density at radius 1 is 0.923 bits per heavy atom. The molecule has 3 fully saturated rings.